The van der Waals surface area contributed by atoms with Crippen LogP contribution >= 0.6 is 0 Å². The Morgan fingerprint density at radius 2 is 1.19 bits per heavy atom. The van der Waals surface area contributed by atoms with Crippen molar-refractivity contribution in [3.8, 4) is 0 Å². The summed E-state index contributed by atoms with van der Waals surface area (Å²) in [5.41, 5.74) is 3.24. The van der Waals surface area contributed by atoms with Gasteiger partial charge in [-0.1, -0.05) is 48.5 Å². The molecular weight excluding hydrogens is 322 g/mol. The number of hydrogen-bond donors (Lipinski definition) is 1. The molecule has 4 aromatic carbocycles. The van der Waals surface area contributed by atoms with Crippen LogP contribution in [0.3, 0.4) is 0 Å². The third-order valence-electron chi connectivity index (χ3n) is 4.38. The number of para-hydroxylation sites is 1. The Morgan fingerprint density at radius 1 is 0.615 bits per heavy atom. The van der Waals surface area contributed by atoms with Crippen molar-refractivity contribution in [1.29, 1.82) is 0 Å². The lowest BCUT2D eigenvalue weighted by Crippen LogP contribution is -2.10. The number of benzene rings is 4. The van der Waals surface area contributed by atoms with Crippen LogP contribution in [0.4, 0.5) is 17.1 Å². The van der Waals surface area contributed by atoms with Crippen LogP contribution in [-0.2, 0) is 0 Å². The van der Waals surface area contributed by atoms with Crippen molar-refractivity contribution in [3.63, 3.8) is 0 Å². The van der Waals surface area contributed by atoms with Gasteiger partial charge in [0.1, 0.15) is 0 Å². The Hall–Kier alpha value is -3.59. The molecule has 0 aliphatic heterocycles. The molecule has 3 heteroatoms. The van der Waals surface area contributed by atoms with Crippen molar-refractivity contribution in [3.05, 3.63) is 103 Å². The summed E-state index contributed by atoms with van der Waals surface area (Å²) in [5.74, 6) is -0.923. The zero-order valence-corrected chi connectivity index (χ0v) is 14.0. The summed E-state index contributed by atoms with van der Waals surface area (Å²) in [6.45, 7) is 0. The summed E-state index contributed by atoms with van der Waals surface area (Å²) >= 11 is 0. The Bertz CT molecular complexity index is 1060. The minimum absolute atomic E-state index is 0.278. The number of carboxylic acid groups (broad SMARTS) is 1. The maximum Gasteiger partial charge on any atom is 0.335 e. The van der Waals surface area contributed by atoms with Crippen LogP contribution < -0.4 is 4.90 Å². The molecule has 0 amide bonds. The number of carbonyl (C=O) groups is 1. The van der Waals surface area contributed by atoms with Crippen molar-refractivity contribution in [1.82, 2.24) is 0 Å². The van der Waals surface area contributed by atoms with Gasteiger partial charge < -0.3 is 10.0 Å². The fourth-order valence-corrected chi connectivity index (χ4v) is 3.09. The van der Waals surface area contributed by atoms with E-state index in [1.807, 2.05) is 54.6 Å². The molecule has 0 unspecified atom stereocenters. The number of aromatic carboxylic acids is 1. The number of rotatable bonds is 4. The van der Waals surface area contributed by atoms with Crippen molar-refractivity contribution >= 4 is 33.8 Å². The molecule has 26 heavy (non-hydrogen) atoms. The van der Waals surface area contributed by atoms with Gasteiger partial charge in [0.25, 0.3) is 0 Å². The third kappa shape index (κ3) is 3.03. The molecule has 0 aliphatic rings. The third-order valence-corrected chi connectivity index (χ3v) is 4.38. The SMILES string of the molecule is O=C(O)c1ccc(N(c2ccccc2)c2ccc3ccccc3c2)cc1. The van der Waals surface area contributed by atoms with Gasteiger partial charge in [0.15, 0.2) is 0 Å². The predicted molar refractivity (Wildman–Crippen MR) is 106 cm³/mol. The molecule has 0 bridgehead atoms. The van der Waals surface area contributed by atoms with Crippen LogP contribution in [0.5, 0.6) is 0 Å². The van der Waals surface area contributed by atoms with Gasteiger partial charge in [0, 0.05) is 17.1 Å². The molecule has 0 aromatic heterocycles. The van der Waals surface area contributed by atoms with E-state index in [9.17, 15) is 4.79 Å². The first-order valence-electron chi connectivity index (χ1n) is 8.40. The number of nitrogens with zero attached hydrogens (tertiary/aromatic N) is 1. The number of anilines is 3. The molecule has 0 atom stereocenters. The summed E-state index contributed by atoms with van der Waals surface area (Å²) in [7, 11) is 0. The summed E-state index contributed by atoms with van der Waals surface area (Å²) in [6, 6.07) is 31.6. The number of fused-ring (bicyclic) bond motifs is 1. The van der Waals surface area contributed by atoms with Gasteiger partial charge in [-0.3, -0.25) is 0 Å². The highest BCUT2D eigenvalue weighted by molar-refractivity contribution is 5.91. The van der Waals surface area contributed by atoms with Gasteiger partial charge in [0.2, 0.25) is 0 Å². The number of carboxylic acids is 1. The normalized spacial score (nSPS) is 10.6. The first-order chi connectivity index (χ1) is 12.7. The zero-order chi connectivity index (χ0) is 17.9. The van der Waals surface area contributed by atoms with Gasteiger partial charge in [0.05, 0.1) is 5.56 Å². The minimum atomic E-state index is -0.923. The van der Waals surface area contributed by atoms with E-state index >= 15 is 0 Å². The first-order valence-corrected chi connectivity index (χ1v) is 8.40. The zero-order valence-electron chi connectivity index (χ0n) is 14.0. The summed E-state index contributed by atoms with van der Waals surface area (Å²) in [4.78, 5) is 13.3. The molecule has 0 saturated carbocycles. The number of hydrogen-bond acceptors (Lipinski definition) is 2. The van der Waals surface area contributed by atoms with E-state index in [0.717, 1.165) is 22.4 Å². The fraction of sp³-hybridized carbons (Fsp3) is 0. The van der Waals surface area contributed by atoms with Crippen LogP contribution in [0.2, 0.25) is 0 Å². The largest absolute Gasteiger partial charge is 0.478 e. The van der Waals surface area contributed by atoms with Crippen molar-refractivity contribution in [2.75, 3.05) is 4.90 Å². The van der Waals surface area contributed by atoms with E-state index in [1.165, 1.54) is 5.39 Å². The molecule has 0 spiro atoms. The van der Waals surface area contributed by atoms with Crippen LogP contribution in [-0.4, -0.2) is 11.1 Å². The average Bonchev–Trinajstić information content (AvgIpc) is 2.69. The van der Waals surface area contributed by atoms with E-state index < -0.39 is 5.97 Å². The second kappa shape index (κ2) is 6.73. The van der Waals surface area contributed by atoms with E-state index in [0.29, 0.717) is 0 Å². The molecular formula is C23H17NO2. The highest BCUT2D eigenvalue weighted by Gasteiger charge is 2.13. The fourth-order valence-electron chi connectivity index (χ4n) is 3.09. The maximum atomic E-state index is 11.2. The Labute approximate surface area is 151 Å². The molecule has 4 rings (SSSR count). The monoisotopic (exact) mass is 339 g/mol. The lowest BCUT2D eigenvalue weighted by Gasteiger charge is -2.25. The summed E-state index contributed by atoms with van der Waals surface area (Å²) < 4.78 is 0. The molecule has 126 valence electrons. The van der Waals surface area contributed by atoms with Gasteiger partial charge in [-0.25, -0.2) is 4.79 Å². The van der Waals surface area contributed by atoms with Crippen LogP contribution in [0, 0.1) is 0 Å². The van der Waals surface area contributed by atoms with Crippen LogP contribution in [0.1, 0.15) is 10.4 Å². The van der Waals surface area contributed by atoms with Gasteiger partial charge in [-0.2, -0.15) is 0 Å². The van der Waals surface area contributed by atoms with Gasteiger partial charge in [-0.05, 0) is 59.3 Å². The Kier molecular flexibility index (Phi) is 4.12. The topological polar surface area (TPSA) is 40.5 Å². The van der Waals surface area contributed by atoms with E-state index in [-0.39, 0.29) is 5.56 Å². The smallest absolute Gasteiger partial charge is 0.335 e. The predicted octanol–water partition coefficient (Wildman–Crippen LogP) is 6.01. The quantitative estimate of drug-likeness (QED) is 0.495. The minimum Gasteiger partial charge on any atom is -0.478 e. The molecule has 0 radical (unpaired) electrons. The molecule has 0 aliphatic carbocycles. The van der Waals surface area contributed by atoms with E-state index in [2.05, 4.69) is 35.2 Å². The van der Waals surface area contributed by atoms with Crippen molar-refractivity contribution < 1.29 is 9.90 Å². The second-order valence-corrected chi connectivity index (χ2v) is 6.05. The second-order valence-electron chi connectivity index (χ2n) is 6.05. The molecule has 0 saturated heterocycles. The van der Waals surface area contributed by atoms with Gasteiger partial charge in [-0.15, -0.1) is 0 Å². The lowest BCUT2D eigenvalue weighted by molar-refractivity contribution is 0.0697. The molecule has 0 fully saturated rings. The lowest BCUT2D eigenvalue weighted by atomic mass is 10.1. The van der Waals surface area contributed by atoms with Crippen LogP contribution in [0.15, 0.2) is 97.1 Å². The van der Waals surface area contributed by atoms with Crippen LogP contribution in [0.25, 0.3) is 10.8 Å². The average molecular weight is 339 g/mol. The summed E-state index contributed by atoms with van der Waals surface area (Å²) in [6.07, 6.45) is 0. The highest BCUT2D eigenvalue weighted by atomic mass is 16.4. The maximum absolute atomic E-state index is 11.2. The molecule has 3 nitrogen and oxygen atoms in total. The molecule has 1 N–H and O–H groups in total. The molecule has 0 heterocycles. The standard InChI is InChI=1S/C23H17NO2/c25-23(26)18-11-13-21(14-12-18)24(20-8-2-1-3-9-20)22-15-10-17-6-4-5-7-19(17)16-22/h1-16H,(H,25,26). The first kappa shape index (κ1) is 15.9. The van der Waals surface area contributed by atoms with Crippen molar-refractivity contribution in [2.45, 2.75) is 0 Å². The summed E-state index contributed by atoms with van der Waals surface area (Å²) in [5, 5.41) is 11.5. The van der Waals surface area contributed by atoms with Crippen molar-refractivity contribution in [2.24, 2.45) is 0 Å². The highest BCUT2D eigenvalue weighted by Crippen LogP contribution is 2.35. The van der Waals surface area contributed by atoms with Gasteiger partial charge >= 0.3 is 5.97 Å². The Morgan fingerprint density at radius 3 is 1.88 bits per heavy atom. The molecule has 4 aromatic rings. The Balaban J connectivity index is 1.86. The van der Waals surface area contributed by atoms with E-state index in [4.69, 9.17) is 5.11 Å². The van der Waals surface area contributed by atoms with E-state index in [1.54, 1.807) is 12.1 Å².